The Morgan fingerprint density at radius 1 is 1.09 bits per heavy atom. The largest absolute Gasteiger partial charge is 1.00 e. The van der Waals surface area contributed by atoms with Crippen LogP contribution in [0.25, 0.3) is 0 Å². The van der Waals surface area contributed by atoms with Crippen LogP contribution >= 0.6 is 7.82 Å². The molecular weight excluding hydrogens is 426 g/mol. The Morgan fingerprint density at radius 2 is 1.82 bits per heavy atom. The van der Waals surface area contributed by atoms with Gasteiger partial charge in [-0.05, 0) is 97.7 Å². The van der Waals surface area contributed by atoms with E-state index in [1.807, 2.05) is 0 Å². The van der Waals surface area contributed by atoms with Crippen molar-refractivity contribution < 1.29 is 39.2 Å². The predicted octanol–water partition coefficient (Wildman–Crippen LogP) is 4.62. The first-order valence-corrected chi connectivity index (χ1v) is 14.9. The maximum absolute atomic E-state index is 11.4. The minimum atomic E-state index is -4.41. The molecule has 8 atom stereocenters. The van der Waals surface area contributed by atoms with Gasteiger partial charge in [0.25, 0.3) is 0 Å². The number of rotatable bonds is 7. The van der Waals surface area contributed by atoms with Crippen molar-refractivity contribution in [3.05, 3.63) is 11.6 Å². The Balaban J connectivity index is 0.00000204. The minimum absolute atomic E-state index is 0. The molecule has 4 aliphatic carbocycles. The second-order valence-electron chi connectivity index (χ2n) is 12.8. The maximum Gasteiger partial charge on any atom is 1.00 e. The molecule has 186 valence electrons. The number of phosphoric ester groups is 1. The summed E-state index contributed by atoms with van der Waals surface area (Å²) in [5, 5.41) is 0. The summed E-state index contributed by atoms with van der Waals surface area (Å²) < 4.78 is 16.5. The molecule has 4 nitrogen and oxygen atoms in total. The number of allylic oxidation sites excluding steroid dienone is 1. The van der Waals surface area contributed by atoms with Gasteiger partial charge < -0.3 is 11.2 Å². The van der Waals surface area contributed by atoms with E-state index in [0.717, 1.165) is 54.8 Å². The molecule has 3 fully saturated rings. The van der Waals surface area contributed by atoms with Crippen molar-refractivity contribution in [1.29, 1.82) is 0 Å². The standard InChI is InChI=1S/C27H47O4P.Li.H/c1-18(2)7-6-8-19(3)23-11-12-24-22-10-9-20-17-21(31-32(28,29)30)13-15-26(20,4)25(22)14-16-27(23,24)5;;/h9,18-19,21-25H,6-8,10-17H2,1-5H3,(H2,28,29,30);;/q;+1;-1/t19-,21+,22+,23-,24+,25+,26+,27-;;/m1../s1. The van der Waals surface area contributed by atoms with Crippen molar-refractivity contribution in [2.45, 2.75) is 111 Å². The summed E-state index contributed by atoms with van der Waals surface area (Å²) in [5.74, 6) is 4.89. The molecule has 0 radical (unpaired) electrons. The molecule has 0 aliphatic heterocycles. The van der Waals surface area contributed by atoms with Gasteiger partial charge in [-0.1, -0.05) is 65.5 Å². The molecule has 2 N–H and O–H groups in total. The van der Waals surface area contributed by atoms with Crippen molar-refractivity contribution >= 4 is 7.82 Å². The monoisotopic (exact) mass is 474 g/mol. The van der Waals surface area contributed by atoms with Gasteiger partial charge >= 0.3 is 26.7 Å². The summed E-state index contributed by atoms with van der Waals surface area (Å²) in [6.45, 7) is 12.3. The van der Waals surface area contributed by atoms with Gasteiger partial charge in [-0.25, -0.2) is 4.57 Å². The van der Waals surface area contributed by atoms with Crippen molar-refractivity contribution in [3.63, 3.8) is 0 Å². The van der Waals surface area contributed by atoms with E-state index < -0.39 is 7.82 Å². The van der Waals surface area contributed by atoms with Crippen LogP contribution in [0.2, 0.25) is 0 Å². The summed E-state index contributed by atoms with van der Waals surface area (Å²) >= 11 is 0. The SMILES string of the molecule is CC(C)CCC[C@@H](C)[C@H]1CC[C@H]2[C@@H]3CC=C4C[C@@H](OP(=O)(O)O)CC[C@]4(C)[C@H]3CC[C@]12C.[H-].[Li+]. The molecule has 0 aromatic rings. The van der Waals surface area contributed by atoms with Gasteiger partial charge in [0.15, 0.2) is 0 Å². The molecule has 3 saturated carbocycles. The smallest absolute Gasteiger partial charge is 1.00 e. The first kappa shape index (κ1) is 28.0. The molecule has 0 saturated heterocycles. The van der Waals surface area contributed by atoms with Crippen LogP contribution in [0.3, 0.4) is 0 Å². The summed E-state index contributed by atoms with van der Waals surface area (Å²) in [4.78, 5) is 18.5. The zero-order chi connectivity index (χ0) is 23.3. The van der Waals surface area contributed by atoms with E-state index in [4.69, 9.17) is 4.52 Å². The van der Waals surface area contributed by atoms with Gasteiger partial charge in [-0.3, -0.25) is 4.52 Å². The fourth-order valence-corrected chi connectivity index (χ4v) is 9.50. The normalized spacial score (nSPS) is 41.5. The molecule has 0 unspecified atom stereocenters. The van der Waals surface area contributed by atoms with E-state index in [9.17, 15) is 14.4 Å². The molecule has 33 heavy (non-hydrogen) atoms. The zero-order valence-corrected chi connectivity index (χ0v) is 22.9. The Morgan fingerprint density at radius 3 is 2.48 bits per heavy atom. The van der Waals surface area contributed by atoms with E-state index in [1.54, 1.807) is 0 Å². The summed E-state index contributed by atoms with van der Waals surface area (Å²) in [5.41, 5.74) is 2.12. The number of hydrogen-bond acceptors (Lipinski definition) is 2. The third-order valence-corrected chi connectivity index (χ3v) is 11.1. The molecule has 0 spiro atoms. The molecule has 0 amide bonds. The van der Waals surface area contributed by atoms with Crippen LogP contribution < -0.4 is 18.9 Å². The number of hydrogen-bond donors (Lipinski definition) is 2. The van der Waals surface area contributed by atoms with Gasteiger partial charge in [-0.2, -0.15) is 0 Å². The van der Waals surface area contributed by atoms with Gasteiger partial charge in [0, 0.05) is 0 Å². The van der Waals surface area contributed by atoms with Crippen LogP contribution in [0.5, 0.6) is 0 Å². The van der Waals surface area contributed by atoms with E-state index in [2.05, 4.69) is 40.7 Å². The average molecular weight is 475 g/mol. The first-order valence-electron chi connectivity index (χ1n) is 13.4. The second kappa shape index (κ2) is 10.4. The van der Waals surface area contributed by atoms with Crippen LogP contribution in [0.1, 0.15) is 107 Å². The molecular formula is C27H48LiO4P. The summed E-state index contributed by atoms with van der Waals surface area (Å²) in [6, 6.07) is 0. The fraction of sp³-hybridized carbons (Fsp3) is 0.926. The summed E-state index contributed by atoms with van der Waals surface area (Å²) in [6.07, 6.45) is 15.4. The maximum atomic E-state index is 11.4. The quantitative estimate of drug-likeness (QED) is 0.321. The minimum Gasteiger partial charge on any atom is -1.00 e. The van der Waals surface area contributed by atoms with Crippen LogP contribution in [-0.4, -0.2) is 15.9 Å². The van der Waals surface area contributed by atoms with E-state index in [-0.39, 0.29) is 31.8 Å². The van der Waals surface area contributed by atoms with Crippen molar-refractivity contribution in [3.8, 4) is 0 Å². The van der Waals surface area contributed by atoms with E-state index >= 15 is 0 Å². The van der Waals surface area contributed by atoms with Crippen molar-refractivity contribution in [2.75, 3.05) is 0 Å². The molecule has 0 aromatic carbocycles. The number of phosphoric acid groups is 1. The Labute approximate surface area is 216 Å². The first-order chi connectivity index (χ1) is 14.9. The zero-order valence-electron chi connectivity index (χ0n) is 23.1. The van der Waals surface area contributed by atoms with Crippen LogP contribution in [-0.2, 0) is 9.09 Å². The van der Waals surface area contributed by atoms with Crippen LogP contribution in [0.15, 0.2) is 11.6 Å². The van der Waals surface area contributed by atoms with Gasteiger partial charge in [0.2, 0.25) is 0 Å². The molecule has 6 heteroatoms. The Kier molecular flexibility index (Phi) is 8.86. The van der Waals surface area contributed by atoms with Crippen molar-refractivity contribution in [1.82, 2.24) is 0 Å². The topological polar surface area (TPSA) is 66.8 Å². The summed E-state index contributed by atoms with van der Waals surface area (Å²) in [7, 11) is -4.41. The third-order valence-electron chi connectivity index (χ3n) is 10.5. The Bertz CT molecular complexity index is 770. The molecule has 4 aliphatic rings. The Hall–Kier alpha value is 0.447. The third kappa shape index (κ3) is 5.58. The van der Waals surface area contributed by atoms with Crippen LogP contribution in [0.4, 0.5) is 0 Å². The van der Waals surface area contributed by atoms with E-state index in [0.29, 0.717) is 11.8 Å². The van der Waals surface area contributed by atoms with Crippen molar-refractivity contribution in [2.24, 2.45) is 46.3 Å². The average Bonchev–Trinajstić information content (AvgIpc) is 3.04. The molecule has 0 heterocycles. The van der Waals surface area contributed by atoms with Gasteiger partial charge in [-0.15, -0.1) is 0 Å². The van der Waals surface area contributed by atoms with Crippen LogP contribution in [0, 0.1) is 46.3 Å². The molecule has 4 rings (SSSR count). The molecule has 0 aromatic heterocycles. The second-order valence-corrected chi connectivity index (χ2v) is 13.9. The van der Waals surface area contributed by atoms with Gasteiger partial charge in [0.05, 0.1) is 6.10 Å². The fourth-order valence-electron chi connectivity index (χ4n) is 8.94. The van der Waals surface area contributed by atoms with E-state index in [1.165, 1.54) is 50.5 Å². The number of fused-ring (bicyclic) bond motifs is 5. The predicted molar refractivity (Wildman–Crippen MR) is 131 cm³/mol. The van der Waals surface area contributed by atoms with Gasteiger partial charge in [0.1, 0.15) is 0 Å². The molecule has 0 bridgehead atoms.